The van der Waals surface area contributed by atoms with Gasteiger partial charge >= 0.3 is 6.09 Å². The van der Waals surface area contributed by atoms with Crippen molar-refractivity contribution in [2.24, 2.45) is 4.99 Å². The fraction of sp³-hybridized carbons (Fsp3) is 0.192. The molecule has 0 heterocycles. The molecule has 3 rings (SSSR count). The van der Waals surface area contributed by atoms with Crippen LogP contribution in [0.5, 0.6) is 0 Å². The Balaban J connectivity index is 1.65. The molecule has 3 aromatic rings. The SMILES string of the molecule is CC(=NCc1ccccc1)[C@H](NC(=O)OCc1ccccc1)C(=O)NCc1ccccc1. The highest BCUT2D eigenvalue weighted by molar-refractivity contribution is 6.08. The van der Waals surface area contributed by atoms with Crippen LogP contribution in [0.3, 0.4) is 0 Å². The Bertz CT molecular complexity index is 1020. The molecule has 0 spiro atoms. The van der Waals surface area contributed by atoms with E-state index in [1.165, 1.54) is 0 Å². The van der Waals surface area contributed by atoms with Gasteiger partial charge in [0.1, 0.15) is 12.6 Å². The second-order valence-electron chi connectivity index (χ2n) is 7.29. The average molecular weight is 430 g/mol. The minimum Gasteiger partial charge on any atom is -0.445 e. The van der Waals surface area contributed by atoms with E-state index in [9.17, 15) is 9.59 Å². The maximum atomic E-state index is 12.9. The summed E-state index contributed by atoms with van der Waals surface area (Å²) in [5.41, 5.74) is 3.34. The van der Waals surface area contributed by atoms with Gasteiger partial charge in [-0.1, -0.05) is 91.0 Å². The number of hydrogen-bond donors (Lipinski definition) is 2. The highest BCUT2D eigenvalue weighted by Gasteiger charge is 2.24. The van der Waals surface area contributed by atoms with Gasteiger partial charge in [-0.3, -0.25) is 9.79 Å². The summed E-state index contributed by atoms with van der Waals surface area (Å²) in [5.74, 6) is -0.347. The highest BCUT2D eigenvalue weighted by Crippen LogP contribution is 2.05. The lowest BCUT2D eigenvalue weighted by molar-refractivity contribution is -0.121. The number of carbonyl (C=O) groups is 2. The Labute approximate surface area is 188 Å². The molecule has 1 atom stereocenters. The molecule has 164 valence electrons. The normalized spacial score (nSPS) is 12.0. The number of aliphatic imine (C=N–C) groups is 1. The van der Waals surface area contributed by atoms with Crippen molar-refractivity contribution >= 4 is 17.7 Å². The first-order valence-electron chi connectivity index (χ1n) is 10.5. The molecule has 0 bridgehead atoms. The number of alkyl carbamates (subject to hydrolysis) is 1. The van der Waals surface area contributed by atoms with Crippen molar-refractivity contribution in [2.45, 2.75) is 32.7 Å². The van der Waals surface area contributed by atoms with E-state index >= 15 is 0 Å². The number of ether oxygens (including phenoxy) is 1. The molecule has 2 amide bonds. The molecule has 0 aromatic heterocycles. The van der Waals surface area contributed by atoms with Crippen molar-refractivity contribution in [3.63, 3.8) is 0 Å². The number of hydrogen-bond acceptors (Lipinski definition) is 4. The number of rotatable bonds is 9. The second kappa shape index (κ2) is 12.1. The lowest BCUT2D eigenvalue weighted by Gasteiger charge is -2.19. The van der Waals surface area contributed by atoms with Crippen LogP contribution < -0.4 is 10.6 Å². The largest absolute Gasteiger partial charge is 0.445 e. The van der Waals surface area contributed by atoms with Gasteiger partial charge < -0.3 is 15.4 Å². The van der Waals surface area contributed by atoms with Crippen molar-refractivity contribution < 1.29 is 14.3 Å². The molecule has 3 aromatic carbocycles. The molecule has 6 heteroatoms. The lowest BCUT2D eigenvalue weighted by atomic mass is 10.1. The van der Waals surface area contributed by atoms with Crippen LogP contribution >= 0.6 is 0 Å². The zero-order valence-electron chi connectivity index (χ0n) is 18.0. The molecule has 2 N–H and O–H groups in total. The fourth-order valence-corrected chi connectivity index (χ4v) is 3.02. The van der Waals surface area contributed by atoms with E-state index < -0.39 is 12.1 Å². The number of nitrogens with one attached hydrogen (secondary N) is 2. The molecular formula is C26H27N3O3. The van der Waals surface area contributed by atoms with E-state index in [0.29, 0.717) is 18.8 Å². The molecule has 0 unspecified atom stereocenters. The topological polar surface area (TPSA) is 79.8 Å². The van der Waals surface area contributed by atoms with Crippen LogP contribution in [-0.2, 0) is 29.2 Å². The van der Waals surface area contributed by atoms with Gasteiger partial charge in [0.15, 0.2) is 0 Å². The van der Waals surface area contributed by atoms with Gasteiger partial charge in [0.2, 0.25) is 5.91 Å². The van der Waals surface area contributed by atoms with E-state index in [4.69, 9.17) is 4.74 Å². The Morgan fingerprint density at radius 1 is 0.812 bits per heavy atom. The van der Waals surface area contributed by atoms with E-state index in [-0.39, 0.29) is 12.5 Å². The maximum absolute atomic E-state index is 12.9. The van der Waals surface area contributed by atoms with E-state index in [1.807, 2.05) is 91.0 Å². The van der Waals surface area contributed by atoms with Gasteiger partial charge in [-0.05, 0) is 23.6 Å². The van der Waals surface area contributed by atoms with Gasteiger partial charge in [0.25, 0.3) is 0 Å². The molecular weight excluding hydrogens is 402 g/mol. The number of nitrogens with zero attached hydrogens (tertiary/aromatic N) is 1. The summed E-state index contributed by atoms with van der Waals surface area (Å²) in [4.78, 5) is 29.9. The van der Waals surface area contributed by atoms with E-state index in [1.54, 1.807) is 6.92 Å². The summed E-state index contributed by atoms with van der Waals surface area (Å²) < 4.78 is 5.30. The predicted octanol–water partition coefficient (Wildman–Crippen LogP) is 4.26. The van der Waals surface area contributed by atoms with Crippen molar-refractivity contribution in [3.8, 4) is 0 Å². The second-order valence-corrected chi connectivity index (χ2v) is 7.29. The Kier molecular flexibility index (Phi) is 8.57. The molecule has 0 radical (unpaired) electrons. The first-order chi connectivity index (χ1) is 15.6. The monoisotopic (exact) mass is 429 g/mol. The number of benzene rings is 3. The molecule has 0 saturated heterocycles. The Morgan fingerprint density at radius 2 is 1.34 bits per heavy atom. The maximum Gasteiger partial charge on any atom is 0.408 e. The average Bonchev–Trinajstić information content (AvgIpc) is 2.85. The van der Waals surface area contributed by atoms with Gasteiger partial charge in [-0.2, -0.15) is 0 Å². The van der Waals surface area contributed by atoms with Crippen molar-refractivity contribution in [3.05, 3.63) is 108 Å². The van der Waals surface area contributed by atoms with Crippen LogP contribution in [0.4, 0.5) is 4.79 Å². The van der Waals surface area contributed by atoms with Crippen LogP contribution in [0, 0.1) is 0 Å². The zero-order valence-corrected chi connectivity index (χ0v) is 18.0. The van der Waals surface area contributed by atoms with Gasteiger partial charge in [-0.25, -0.2) is 4.79 Å². The molecule has 6 nitrogen and oxygen atoms in total. The van der Waals surface area contributed by atoms with Crippen molar-refractivity contribution in [1.82, 2.24) is 10.6 Å². The fourth-order valence-electron chi connectivity index (χ4n) is 3.02. The van der Waals surface area contributed by atoms with E-state index in [0.717, 1.165) is 16.7 Å². The summed E-state index contributed by atoms with van der Waals surface area (Å²) in [7, 11) is 0. The highest BCUT2D eigenvalue weighted by atomic mass is 16.5. The lowest BCUT2D eigenvalue weighted by Crippen LogP contribution is -2.50. The van der Waals surface area contributed by atoms with Crippen LogP contribution in [0.25, 0.3) is 0 Å². The van der Waals surface area contributed by atoms with Crippen LogP contribution in [0.15, 0.2) is 96.0 Å². The third kappa shape index (κ3) is 7.40. The minimum absolute atomic E-state index is 0.116. The molecule has 32 heavy (non-hydrogen) atoms. The number of amides is 2. The van der Waals surface area contributed by atoms with Crippen molar-refractivity contribution in [2.75, 3.05) is 0 Å². The molecule has 0 aliphatic rings. The smallest absolute Gasteiger partial charge is 0.408 e. The third-order valence-corrected chi connectivity index (χ3v) is 4.82. The molecule has 0 fully saturated rings. The summed E-state index contributed by atoms with van der Waals surface area (Å²) in [6.45, 7) is 2.61. The van der Waals surface area contributed by atoms with Gasteiger partial charge in [0.05, 0.1) is 6.54 Å². The Morgan fingerprint density at radius 3 is 1.94 bits per heavy atom. The first-order valence-corrected chi connectivity index (χ1v) is 10.5. The van der Waals surface area contributed by atoms with Crippen LogP contribution in [0.2, 0.25) is 0 Å². The van der Waals surface area contributed by atoms with Gasteiger partial charge in [0, 0.05) is 12.3 Å². The summed E-state index contributed by atoms with van der Waals surface area (Å²) in [6.07, 6.45) is -0.678. The van der Waals surface area contributed by atoms with Crippen molar-refractivity contribution in [1.29, 1.82) is 0 Å². The summed E-state index contributed by atoms with van der Waals surface area (Å²) in [5, 5.41) is 5.52. The summed E-state index contributed by atoms with van der Waals surface area (Å²) >= 11 is 0. The van der Waals surface area contributed by atoms with Gasteiger partial charge in [-0.15, -0.1) is 0 Å². The standard InChI is InChI=1S/C26H27N3O3/c1-20(27-17-21-11-5-2-6-12-21)24(25(30)28-18-22-13-7-3-8-14-22)29-26(31)32-19-23-15-9-4-10-16-23/h2-16,24H,17-19H2,1H3,(H,28,30)(H,29,31)/t24-/m0/s1. The quantitative estimate of drug-likeness (QED) is 0.499. The zero-order chi connectivity index (χ0) is 22.6. The van der Waals surface area contributed by atoms with Crippen LogP contribution in [0.1, 0.15) is 23.6 Å². The predicted molar refractivity (Wildman–Crippen MR) is 125 cm³/mol. The molecule has 0 aliphatic carbocycles. The minimum atomic E-state index is -0.939. The Hall–Kier alpha value is -3.93. The van der Waals surface area contributed by atoms with E-state index in [2.05, 4.69) is 15.6 Å². The molecule has 0 aliphatic heterocycles. The number of carbonyl (C=O) groups excluding carboxylic acids is 2. The van der Waals surface area contributed by atoms with Crippen LogP contribution in [-0.4, -0.2) is 23.8 Å². The summed E-state index contributed by atoms with van der Waals surface area (Å²) in [6, 6.07) is 27.7. The first kappa shape index (κ1) is 22.7. The third-order valence-electron chi connectivity index (χ3n) is 4.82. The molecule has 0 saturated carbocycles.